The van der Waals surface area contributed by atoms with Crippen LogP contribution in [0.15, 0.2) is 12.3 Å². The topological polar surface area (TPSA) is 52.0 Å². The SMILES string of the molecule is Cl.NC=CCN. The average molecular weight is 109 g/mol. The summed E-state index contributed by atoms with van der Waals surface area (Å²) in [6.45, 7) is 0.538. The third kappa shape index (κ3) is 9.21. The van der Waals surface area contributed by atoms with Gasteiger partial charge in [-0.2, -0.15) is 0 Å². The van der Waals surface area contributed by atoms with Crippen molar-refractivity contribution in [3.05, 3.63) is 12.3 Å². The first-order valence-corrected chi connectivity index (χ1v) is 1.48. The zero-order valence-corrected chi connectivity index (χ0v) is 4.24. The first-order chi connectivity index (χ1) is 2.41. The van der Waals surface area contributed by atoms with E-state index in [0.29, 0.717) is 6.54 Å². The fourth-order valence-corrected chi connectivity index (χ4v) is 0.0786. The Labute approximate surface area is 43.6 Å². The Bertz CT molecular complexity index is 35.8. The molecule has 6 heavy (non-hydrogen) atoms. The molecule has 0 aromatic heterocycles. The Morgan fingerprint density at radius 2 is 2.00 bits per heavy atom. The Morgan fingerprint density at radius 3 is 2.00 bits per heavy atom. The Morgan fingerprint density at radius 1 is 1.50 bits per heavy atom. The summed E-state index contributed by atoms with van der Waals surface area (Å²) in [5.41, 5.74) is 9.85. The Balaban J connectivity index is 0. The van der Waals surface area contributed by atoms with Gasteiger partial charge in [0.2, 0.25) is 0 Å². The first kappa shape index (κ1) is 9.25. The van der Waals surface area contributed by atoms with Gasteiger partial charge in [-0.3, -0.25) is 0 Å². The van der Waals surface area contributed by atoms with E-state index < -0.39 is 0 Å². The summed E-state index contributed by atoms with van der Waals surface area (Å²) in [5.74, 6) is 0. The maximum atomic E-state index is 4.97. The highest BCUT2D eigenvalue weighted by Gasteiger charge is 1.51. The summed E-state index contributed by atoms with van der Waals surface area (Å²) in [6, 6.07) is 0. The van der Waals surface area contributed by atoms with Crippen LogP contribution in [0.2, 0.25) is 0 Å². The van der Waals surface area contributed by atoms with Crippen LogP contribution in [0.25, 0.3) is 0 Å². The molecule has 4 N–H and O–H groups in total. The second kappa shape index (κ2) is 8.84. The molecule has 0 aromatic carbocycles. The third-order valence-electron chi connectivity index (χ3n) is 0.272. The van der Waals surface area contributed by atoms with Crippen LogP contribution >= 0.6 is 12.4 Å². The highest BCUT2D eigenvalue weighted by molar-refractivity contribution is 5.85. The molecule has 38 valence electrons. The highest BCUT2D eigenvalue weighted by Crippen LogP contribution is 1.48. The molecule has 0 rings (SSSR count). The summed E-state index contributed by atoms with van der Waals surface area (Å²) >= 11 is 0. The first-order valence-electron chi connectivity index (χ1n) is 1.48. The van der Waals surface area contributed by atoms with Crippen molar-refractivity contribution in [1.29, 1.82) is 0 Å². The third-order valence-corrected chi connectivity index (χ3v) is 0.272. The zero-order chi connectivity index (χ0) is 4.12. The van der Waals surface area contributed by atoms with E-state index in [1.165, 1.54) is 6.20 Å². The van der Waals surface area contributed by atoms with Crippen molar-refractivity contribution in [3.63, 3.8) is 0 Å². The molecular weight excluding hydrogens is 99.5 g/mol. The number of halogens is 1. The van der Waals surface area contributed by atoms with Gasteiger partial charge in [-0.05, 0) is 6.20 Å². The van der Waals surface area contributed by atoms with Crippen LogP contribution in [-0.4, -0.2) is 6.54 Å². The van der Waals surface area contributed by atoms with Crippen LogP contribution in [-0.2, 0) is 0 Å². The lowest BCUT2D eigenvalue weighted by Gasteiger charge is -1.68. The van der Waals surface area contributed by atoms with Gasteiger partial charge in [0.1, 0.15) is 0 Å². The minimum Gasteiger partial charge on any atom is -0.405 e. The van der Waals surface area contributed by atoms with E-state index in [9.17, 15) is 0 Å². The number of hydrogen-bond donors (Lipinski definition) is 2. The van der Waals surface area contributed by atoms with E-state index in [1.807, 2.05) is 0 Å². The summed E-state index contributed by atoms with van der Waals surface area (Å²) in [4.78, 5) is 0. The van der Waals surface area contributed by atoms with Crippen molar-refractivity contribution in [2.75, 3.05) is 6.54 Å². The summed E-state index contributed by atoms with van der Waals surface area (Å²) in [7, 11) is 0. The molecule has 0 heterocycles. The average Bonchev–Trinajstić information content (AvgIpc) is 1.41. The fourth-order valence-electron chi connectivity index (χ4n) is 0.0786. The molecule has 0 atom stereocenters. The molecule has 0 saturated carbocycles. The smallest absolute Gasteiger partial charge is 0.0123 e. The lowest BCUT2D eigenvalue weighted by atomic mass is 10.6. The molecule has 3 heteroatoms. The van der Waals surface area contributed by atoms with E-state index in [4.69, 9.17) is 11.5 Å². The van der Waals surface area contributed by atoms with E-state index in [0.717, 1.165) is 0 Å². The second-order valence-corrected chi connectivity index (χ2v) is 0.664. The van der Waals surface area contributed by atoms with Crippen molar-refractivity contribution in [3.8, 4) is 0 Å². The molecule has 0 radical (unpaired) electrons. The molecule has 0 aliphatic carbocycles. The van der Waals surface area contributed by atoms with E-state index in [2.05, 4.69) is 0 Å². The second-order valence-electron chi connectivity index (χ2n) is 0.664. The van der Waals surface area contributed by atoms with Gasteiger partial charge in [0, 0.05) is 6.54 Å². The van der Waals surface area contributed by atoms with E-state index in [-0.39, 0.29) is 12.4 Å². The summed E-state index contributed by atoms with van der Waals surface area (Å²) in [5, 5.41) is 0. The fraction of sp³-hybridized carbons (Fsp3) is 0.333. The lowest BCUT2D eigenvalue weighted by molar-refractivity contribution is 1.24. The summed E-state index contributed by atoms with van der Waals surface area (Å²) < 4.78 is 0. The minimum absolute atomic E-state index is 0. The van der Waals surface area contributed by atoms with E-state index >= 15 is 0 Å². The van der Waals surface area contributed by atoms with Crippen LogP contribution in [0.1, 0.15) is 0 Å². The largest absolute Gasteiger partial charge is 0.405 e. The number of hydrogen-bond acceptors (Lipinski definition) is 2. The normalized spacial score (nSPS) is 8.17. The number of rotatable bonds is 1. The molecule has 0 fully saturated rings. The van der Waals surface area contributed by atoms with Gasteiger partial charge in [-0.1, -0.05) is 6.08 Å². The maximum Gasteiger partial charge on any atom is 0.0123 e. The molecule has 0 aliphatic heterocycles. The van der Waals surface area contributed by atoms with Crippen molar-refractivity contribution in [1.82, 2.24) is 0 Å². The van der Waals surface area contributed by atoms with Gasteiger partial charge < -0.3 is 11.5 Å². The predicted octanol–water partition coefficient (Wildman–Crippen LogP) is -0.161. The molecular formula is C3H9ClN2. The predicted molar refractivity (Wildman–Crippen MR) is 29.6 cm³/mol. The van der Waals surface area contributed by atoms with Crippen LogP contribution in [0.5, 0.6) is 0 Å². The van der Waals surface area contributed by atoms with Crippen molar-refractivity contribution >= 4 is 12.4 Å². The lowest BCUT2D eigenvalue weighted by Crippen LogP contribution is -1.93. The number of nitrogens with two attached hydrogens (primary N) is 2. The molecule has 0 aromatic rings. The van der Waals surface area contributed by atoms with Crippen molar-refractivity contribution in [2.45, 2.75) is 0 Å². The minimum atomic E-state index is 0. The summed E-state index contributed by atoms with van der Waals surface area (Å²) in [6.07, 6.45) is 3.11. The highest BCUT2D eigenvalue weighted by atomic mass is 35.5. The monoisotopic (exact) mass is 108 g/mol. The van der Waals surface area contributed by atoms with E-state index in [1.54, 1.807) is 6.08 Å². The molecule has 0 saturated heterocycles. The standard InChI is InChI=1S/C3H8N2.ClH/c4-2-1-3-5;/h1-2H,3-5H2;1H. The molecule has 0 aliphatic rings. The van der Waals surface area contributed by atoms with Crippen LogP contribution in [0.4, 0.5) is 0 Å². The quantitative estimate of drug-likeness (QED) is 0.491. The molecule has 0 unspecified atom stereocenters. The molecule has 0 spiro atoms. The maximum absolute atomic E-state index is 4.97. The Hall–Kier alpha value is -0.210. The van der Waals surface area contributed by atoms with Gasteiger partial charge >= 0.3 is 0 Å². The van der Waals surface area contributed by atoms with Crippen molar-refractivity contribution in [2.24, 2.45) is 11.5 Å². The molecule has 0 bridgehead atoms. The van der Waals surface area contributed by atoms with Crippen LogP contribution < -0.4 is 11.5 Å². The van der Waals surface area contributed by atoms with Crippen LogP contribution in [0.3, 0.4) is 0 Å². The van der Waals surface area contributed by atoms with Gasteiger partial charge in [0.25, 0.3) is 0 Å². The van der Waals surface area contributed by atoms with Gasteiger partial charge in [0.15, 0.2) is 0 Å². The zero-order valence-electron chi connectivity index (χ0n) is 3.42. The van der Waals surface area contributed by atoms with Gasteiger partial charge in [-0.25, -0.2) is 0 Å². The Kier molecular flexibility index (Phi) is 13.6. The van der Waals surface area contributed by atoms with Gasteiger partial charge in [0.05, 0.1) is 0 Å². The molecule has 0 amide bonds. The molecule has 2 nitrogen and oxygen atoms in total. The van der Waals surface area contributed by atoms with Gasteiger partial charge in [-0.15, -0.1) is 12.4 Å². The van der Waals surface area contributed by atoms with Crippen LogP contribution in [0, 0.1) is 0 Å². The van der Waals surface area contributed by atoms with Crippen molar-refractivity contribution < 1.29 is 0 Å².